The Labute approximate surface area is 200 Å². The van der Waals surface area contributed by atoms with Crippen molar-refractivity contribution >= 4 is 21.6 Å². The Balaban J connectivity index is 1.46. The van der Waals surface area contributed by atoms with E-state index in [9.17, 15) is 13.2 Å². The molecule has 0 radical (unpaired) electrons. The van der Waals surface area contributed by atoms with Gasteiger partial charge in [0.05, 0.1) is 18.0 Å². The Morgan fingerprint density at radius 2 is 1.68 bits per heavy atom. The number of anilines is 1. The molecule has 7 nitrogen and oxygen atoms in total. The fourth-order valence-corrected chi connectivity index (χ4v) is 5.24. The van der Waals surface area contributed by atoms with Crippen molar-refractivity contribution in [2.45, 2.75) is 23.8 Å². The van der Waals surface area contributed by atoms with Crippen LogP contribution in [-0.2, 0) is 10.0 Å². The lowest BCUT2D eigenvalue weighted by atomic mass is 10.0. The Bertz CT molecular complexity index is 1210. The molecule has 0 aliphatic carbocycles. The highest BCUT2D eigenvalue weighted by atomic mass is 32.2. The third-order valence-electron chi connectivity index (χ3n) is 5.97. The smallest absolute Gasteiger partial charge is 0.261 e. The largest absolute Gasteiger partial charge is 0.497 e. The van der Waals surface area contributed by atoms with E-state index in [4.69, 9.17) is 4.74 Å². The van der Waals surface area contributed by atoms with Crippen LogP contribution in [0.15, 0.2) is 83.8 Å². The molecule has 0 saturated carbocycles. The summed E-state index contributed by atoms with van der Waals surface area (Å²) in [6, 6.07) is 22.6. The zero-order valence-electron chi connectivity index (χ0n) is 19.1. The highest BCUT2D eigenvalue weighted by molar-refractivity contribution is 7.92. The van der Waals surface area contributed by atoms with E-state index in [1.807, 2.05) is 24.3 Å². The zero-order valence-corrected chi connectivity index (χ0v) is 19.9. The number of carbonyl (C=O) groups excluding carboxylic acids is 1. The summed E-state index contributed by atoms with van der Waals surface area (Å²) in [5.74, 6) is 0.543. The van der Waals surface area contributed by atoms with Crippen molar-refractivity contribution in [3.8, 4) is 5.75 Å². The summed E-state index contributed by atoms with van der Waals surface area (Å²) >= 11 is 0. The molecule has 4 rings (SSSR count). The van der Waals surface area contributed by atoms with E-state index in [1.54, 1.807) is 49.6 Å². The molecule has 0 spiro atoms. The molecule has 2 N–H and O–H groups in total. The molecule has 3 aromatic rings. The minimum absolute atomic E-state index is 0.0529. The molecule has 8 heteroatoms. The Morgan fingerprint density at radius 1 is 0.971 bits per heavy atom. The third-order valence-corrected chi connectivity index (χ3v) is 7.37. The number of nitrogens with zero attached hydrogens (tertiary/aromatic N) is 1. The third kappa shape index (κ3) is 5.76. The predicted octanol–water partition coefficient (Wildman–Crippen LogP) is 4.06. The number of rotatable bonds is 9. The van der Waals surface area contributed by atoms with Gasteiger partial charge in [-0.3, -0.25) is 14.4 Å². The quantitative estimate of drug-likeness (QED) is 0.483. The first-order chi connectivity index (χ1) is 16.5. The Hall–Kier alpha value is -3.36. The molecular formula is C26H29N3O4S. The van der Waals surface area contributed by atoms with E-state index in [2.05, 4.69) is 14.9 Å². The van der Waals surface area contributed by atoms with Gasteiger partial charge in [0.25, 0.3) is 15.9 Å². The topological polar surface area (TPSA) is 87.7 Å². The van der Waals surface area contributed by atoms with Gasteiger partial charge >= 0.3 is 0 Å². The number of nitrogens with one attached hydrogen (secondary N) is 2. The summed E-state index contributed by atoms with van der Waals surface area (Å²) in [6.45, 7) is 2.43. The minimum atomic E-state index is -3.73. The number of ether oxygens (including phenoxy) is 1. The van der Waals surface area contributed by atoms with Crippen molar-refractivity contribution in [3.05, 3.63) is 90.0 Å². The maximum absolute atomic E-state index is 13.0. The second-order valence-corrected chi connectivity index (χ2v) is 9.92. The number of benzene rings is 3. The molecule has 0 bridgehead atoms. The highest BCUT2D eigenvalue weighted by Crippen LogP contribution is 2.26. The molecule has 1 aliphatic heterocycles. The van der Waals surface area contributed by atoms with Crippen LogP contribution < -0.4 is 14.8 Å². The van der Waals surface area contributed by atoms with Crippen molar-refractivity contribution in [3.63, 3.8) is 0 Å². The Morgan fingerprint density at radius 3 is 2.35 bits per heavy atom. The van der Waals surface area contributed by atoms with Gasteiger partial charge in [0.2, 0.25) is 0 Å². The van der Waals surface area contributed by atoms with E-state index in [1.165, 1.54) is 12.1 Å². The van der Waals surface area contributed by atoms with Gasteiger partial charge in [-0.1, -0.05) is 36.4 Å². The van der Waals surface area contributed by atoms with Crippen molar-refractivity contribution in [2.75, 3.05) is 31.5 Å². The van der Waals surface area contributed by atoms with E-state index in [0.29, 0.717) is 17.8 Å². The lowest BCUT2D eigenvalue weighted by Crippen LogP contribution is -2.36. The van der Waals surface area contributed by atoms with Crippen LogP contribution in [0, 0.1) is 0 Å². The first-order valence-corrected chi connectivity index (χ1v) is 12.8. The summed E-state index contributed by atoms with van der Waals surface area (Å²) in [6.07, 6.45) is 2.29. The molecule has 1 amide bonds. The zero-order chi connectivity index (χ0) is 24.0. The second kappa shape index (κ2) is 10.7. The summed E-state index contributed by atoms with van der Waals surface area (Å²) in [7, 11) is -2.09. The second-order valence-electron chi connectivity index (χ2n) is 8.24. The number of methoxy groups -OCH3 is 1. The van der Waals surface area contributed by atoms with E-state index >= 15 is 0 Å². The van der Waals surface area contributed by atoms with E-state index in [0.717, 1.165) is 37.2 Å². The molecule has 34 heavy (non-hydrogen) atoms. The molecule has 178 valence electrons. The van der Waals surface area contributed by atoms with Gasteiger partial charge in [0.15, 0.2) is 0 Å². The van der Waals surface area contributed by atoms with Crippen LogP contribution in [0.1, 0.15) is 34.8 Å². The molecule has 1 atom stereocenters. The summed E-state index contributed by atoms with van der Waals surface area (Å²) < 4.78 is 33.1. The molecule has 1 fully saturated rings. The number of carbonyl (C=O) groups is 1. The van der Waals surface area contributed by atoms with Crippen molar-refractivity contribution in [1.29, 1.82) is 0 Å². The van der Waals surface area contributed by atoms with E-state index in [-0.39, 0.29) is 16.8 Å². The van der Waals surface area contributed by atoms with Crippen LogP contribution in [0.4, 0.5) is 5.69 Å². The van der Waals surface area contributed by atoms with E-state index < -0.39 is 10.0 Å². The van der Waals surface area contributed by atoms with Gasteiger partial charge in [-0.25, -0.2) is 8.42 Å². The van der Waals surface area contributed by atoms with Gasteiger partial charge in [-0.05, 0) is 74.0 Å². The molecule has 0 aromatic heterocycles. The van der Waals surface area contributed by atoms with Crippen molar-refractivity contribution in [2.24, 2.45) is 0 Å². The maximum Gasteiger partial charge on any atom is 0.261 e. The summed E-state index contributed by atoms with van der Waals surface area (Å²) in [5, 5.41) is 3.04. The van der Waals surface area contributed by atoms with Crippen LogP contribution in [0.5, 0.6) is 5.75 Å². The van der Waals surface area contributed by atoms with Crippen LogP contribution in [0.25, 0.3) is 0 Å². The van der Waals surface area contributed by atoms with Crippen LogP contribution in [0.2, 0.25) is 0 Å². The van der Waals surface area contributed by atoms with Gasteiger partial charge in [-0.15, -0.1) is 0 Å². The van der Waals surface area contributed by atoms with Gasteiger partial charge in [0, 0.05) is 17.8 Å². The molecule has 1 aliphatic rings. The number of hydrogen-bond acceptors (Lipinski definition) is 5. The number of sulfonamides is 1. The van der Waals surface area contributed by atoms with Crippen molar-refractivity contribution in [1.82, 2.24) is 10.2 Å². The first kappa shape index (κ1) is 23.8. The number of hydrogen-bond donors (Lipinski definition) is 2. The van der Waals surface area contributed by atoms with Gasteiger partial charge in [0.1, 0.15) is 5.75 Å². The van der Waals surface area contributed by atoms with Crippen LogP contribution in [0.3, 0.4) is 0 Å². The average Bonchev–Trinajstić information content (AvgIpc) is 3.39. The number of likely N-dealkylation sites (tertiary alicyclic amines) is 1. The van der Waals surface area contributed by atoms with Crippen LogP contribution >= 0.6 is 0 Å². The van der Waals surface area contributed by atoms with Gasteiger partial charge in [-0.2, -0.15) is 0 Å². The fraction of sp³-hybridized carbons (Fsp3) is 0.269. The highest BCUT2D eigenvalue weighted by Gasteiger charge is 2.24. The normalized spacial score (nSPS) is 15.0. The van der Waals surface area contributed by atoms with Crippen LogP contribution in [-0.4, -0.2) is 46.0 Å². The standard InChI is InChI=1S/C26H29N3O4S/c1-33-23-14-12-20(13-15-23)25(29-16-5-6-17-29)19-27-26(30)21-8-7-9-22(18-21)28-34(31,32)24-10-3-2-4-11-24/h2-4,7-15,18,25,28H,5-6,16-17,19H2,1H3,(H,27,30)/t25-/m1/s1. The molecule has 0 unspecified atom stereocenters. The molecule has 1 heterocycles. The van der Waals surface area contributed by atoms with Crippen molar-refractivity contribution < 1.29 is 17.9 Å². The first-order valence-electron chi connectivity index (χ1n) is 11.3. The minimum Gasteiger partial charge on any atom is -0.497 e. The maximum atomic E-state index is 13.0. The molecule has 1 saturated heterocycles. The average molecular weight is 480 g/mol. The fourth-order valence-electron chi connectivity index (χ4n) is 4.17. The lowest BCUT2D eigenvalue weighted by Gasteiger charge is -2.28. The molecule has 3 aromatic carbocycles. The number of amides is 1. The molecular weight excluding hydrogens is 450 g/mol. The SMILES string of the molecule is COc1ccc([C@@H](CNC(=O)c2cccc(NS(=O)(=O)c3ccccc3)c2)N2CCCC2)cc1. The Kier molecular flexibility index (Phi) is 7.49. The summed E-state index contributed by atoms with van der Waals surface area (Å²) in [4.78, 5) is 15.5. The van der Waals surface area contributed by atoms with Gasteiger partial charge < -0.3 is 10.1 Å². The summed E-state index contributed by atoms with van der Waals surface area (Å²) in [5.41, 5.74) is 1.85. The predicted molar refractivity (Wildman–Crippen MR) is 133 cm³/mol. The monoisotopic (exact) mass is 479 g/mol. The lowest BCUT2D eigenvalue weighted by molar-refractivity contribution is 0.0938.